The van der Waals surface area contributed by atoms with E-state index in [4.69, 9.17) is 26.5 Å². The van der Waals surface area contributed by atoms with E-state index >= 15 is 0 Å². The summed E-state index contributed by atoms with van der Waals surface area (Å²) in [7, 11) is 0. The summed E-state index contributed by atoms with van der Waals surface area (Å²) < 4.78 is 8.01. The average molecular weight is 504 g/mol. The van der Waals surface area contributed by atoms with Gasteiger partial charge in [0.25, 0.3) is 0 Å². The van der Waals surface area contributed by atoms with Gasteiger partial charge in [-0.15, -0.1) is 10.2 Å². The van der Waals surface area contributed by atoms with E-state index in [1.54, 1.807) is 0 Å². The highest BCUT2D eigenvalue weighted by Crippen LogP contribution is 2.56. The van der Waals surface area contributed by atoms with Gasteiger partial charge in [-0.2, -0.15) is 5.26 Å². The molecule has 1 saturated carbocycles. The van der Waals surface area contributed by atoms with E-state index in [9.17, 15) is 5.26 Å². The summed E-state index contributed by atoms with van der Waals surface area (Å²) in [6, 6.07) is 8.87. The summed E-state index contributed by atoms with van der Waals surface area (Å²) in [5, 5.41) is 22.9. The topological polar surface area (TPSA) is 82.2 Å². The molecular formula is C27H30ClN7O. The monoisotopic (exact) mass is 503 g/mol. The van der Waals surface area contributed by atoms with Crippen LogP contribution in [0.5, 0.6) is 0 Å². The molecule has 1 aromatic carbocycles. The van der Waals surface area contributed by atoms with Gasteiger partial charge in [0.2, 0.25) is 0 Å². The van der Waals surface area contributed by atoms with Crippen molar-refractivity contribution in [2.45, 2.75) is 57.4 Å². The van der Waals surface area contributed by atoms with Crippen molar-refractivity contribution in [3.05, 3.63) is 63.9 Å². The largest absolute Gasteiger partial charge is 0.380 e. The molecule has 0 amide bonds. The number of nitriles is 1. The van der Waals surface area contributed by atoms with Crippen LogP contribution in [0, 0.1) is 16.7 Å². The third-order valence-corrected chi connectivity index (χ3v) is 8.94. The van der Waals surface area contributed by atoms with E-state index in [0.717, 1.165) is 86.6 Å². The van der Waals surface area contributed by atoms with Crippen molar-refractivity contribution in [3.63, 3.8) is 0 Å². The van der Waals surface area contributed by atoms with Crippen LogP contribution >= 0.6 is 11.6 Å². The molecule has 1 aromatic heterocycles. The van der Waals surface area contributed by atoms with E-state index in [1.165, 1.54) is 11.3 Å². The lowest BCUT2D eigenvalue weighted by molar-refractivity contribution is -0.0917. The van der Waals surface area contributed by atoms with Gasteiger partial charge in [-0.1, -0.05) is 11.6 Å². The lowest BCUT2D eigenvalue weighted by Crippen LogP contribution is -2.66. The maximum absolute atomic E-state index is 9.21. The number of hydrogen-bond acceptors (Lipinski definition) is 7. The number of hydrogen-bond donors (Lipinski definition) is 1. The molecule has 7 rings (SSSR count). The zero-order valence-corrected chi connectivity index (χ0v) is 21.2. The highest BCUT2D eigenvalue weighted by Gasteiger charge is 2.55. The fraction of sp³-hybridized carbons (Fsp3) is 0.519. The van der Waals surface area contributed by atoms with Gasteiger partial charge in [0.15, 0.2) is 5.82 Å². The van der Waals surface area contributed by atoms with E-state index in [2.05, 4.69) is 44.0 Å². The van der Waals surface area contributed by atoms with Crippen molar-refractivity contribution in [2.24, 2.45) is 5.41 Å². The first kappa shape index (κ1) is 22.5. The minimum Gasteiger partial charge on any atom is -0.380 e. The Hall–Kier alpha value is -2.70. The van der Waals surface area contributed by atoms with Crippen LogP contribution in [-0.2, 0) is 17.8 Å². The van der Waals surface area contributed by atoms with Gasteiger partial charge >= 0.3 is 0 Å². The zero-order valence-electron chi connectivity index (χ0n) is 20.5. The van der Waals surface area contributed by atoms with Gasteiger partial charge in [-0.25, -0.2) is 0 Å². The summed E-state index contributed by atoms with van der Waals surface area (Å²) in [5.74, 6) is 2.52. The average Bonchev–Trinajstić information content (AvgIpc) is 3.45. The molecule has 2 atom stereocenters. The molecule has 186 valence electrons. The molecule has 36 heavy (non-hydrogen) atoms. The molecule has 3 fully saturated rings. The fourth-order valence-electron chi connectivity index (χ4n) is 6.82. The Bertz CT molecular complexity index is 1300. The summed E-state index contributed by atoms with van der Waals surface area (Å²) in [5.41, 5.74) is 4.44. The predicted molar refractivity (Wildman–Crippen MR) is 135 cm³/mol. The number of benzene rings is 1. The van der Waals surface area contributed by atoms with Crippen molar-refractivity contribution in [2.75, 3.05) is 26.3 Å². The van der Waals surface area contributed by atoms with Gasteiger partial charge in [0.1, 0.15) is 11.9 Å². The fourth-order valence-corrected chi connectivity index (χ4v) is 7.01. The Balaban J connectivity index is 1.09. The molecular weight excluding hydrogens is 474 g/mol. The van der Waals surface area contributed by atoms with Crippen LogP contribution in [0.15, 0.2) is 41.6 Å². The number of fused-ring (bicyclic) bond motifs is 3. The second-order valence-corrected chi connectivity index (χ2v) is 11.6. The SMILES string of the molecule is CC1=C(C#N)C=CC(N2CC3(CC(c4nnc5n4-c4ccc(Cl)cc4CN([C@@H]4CCOC4)C5)C3)C2)N1. The second kappa shape index (κ2) is 8.42. The summed E-state index contributed by atoms with van der Waals surface area (Å²) in [6.45, 7) is 7.34. The van der Waals surface area contributed by atoms with Crippen molar-refractivity contribution < 1.29 is 4.74 Å². The van der Waals surface area contributed by atoms with Crippen LogP contribution in [0.2, 0.25) is 5.02 Å². The van der Waals surface area contributed by atoms with Crippen molar-refractivity contribution in [1.29, 1.82) is 5.26 Å². The lowest BCUT2D eigenvalue weighted by Gasteiger charge is -2.60. The van der Waals surface area contributed by atoms with Gasteiger partial charge < -0.3 is 10.1 Å². The number of ether oxygens (including phenoxy) is 1. The van der Waals surface area contributed by atoms with Crippen LogP contribution in [-0.4, -0.2) is 63.1 Å². The molecule has 1 aliphatic carbocycles. The van der Waals surface area contributed by atoms with Crippen molar-refractivity contribution >= 4 is 11.6 Å². The normalized spacial score (nSPS) is 27.6. The lowest BCUT2D eigenvalue weighted by atomic mass is 9.57. The molecule has 5 aliphatic rings. The molecule has 5 heterocycles. The number of allylic oxidation sites excluding steroid dienone is 3. The Labute approximate surface area is 216 Å². The van der Waals surface area contributed by atoms with Crippen LogP contribution in [0.1, 0.15) is 49.3 Å². The highest BCUT2D eigenvalue weighted by molar-refractivity contribution is 6.30. The highest BCUT2D eigenvalue weighted by atomic mass is 35.5. The van der Waals surface area contributed by atoms with Crippen LogP contribution in [0.4, 0.5) is 0 Å². The minimum absolute atomic E-state index is 0.179. The molecule has 0 bridgehead atoms. The Morgan fingerprint density at radius 1 is 1.19 bits per heavy atom. The first-order valence-electron chi connectivity index (χ1n) is 12.9. The number of dihydropyridines is 1. The minimum atomic E-state index is 0.179. The molecule has 4 aliphatic heterocycles. The second-order valence-electron chi connectivity index (χ2n) is 11.1. The van der Waals surface area contributed by atoms with Gasteiger partial charge in [-0.3, -0.25) is 14.4 Å². The third-order valence-electron chi connectivity index (χ3n) is 8.71. The molecule has 8 nitrogen and oxygen atoms in total. The number of aromatic nitrogens is 3. The number of halogens is 1. The molecule has 2 saturated heterocycles. The van der Waals surface area contributed by atoms with E-state index in [-0.39, 0.29) is 6.17 Å². The van der Waals surface area contributed by atoms with Crippen LogP contribution in [0.25, 0.3) is 5.69 Å². The standard InChI is InChI=1S/C27H30ClN7O/c1-17-18(11-29)2-5-24(30-17)34-15-27(16-34)9-20(10-27)26-32-31-25-13-33(22-6-7-36-14-22)12-19-8-21(28)3-4-23(19)35(25)26/h2-5,8,20,22,24,30H,6-7,9-10,12-16H2,1H3/t22-,24?/m1/s1. The summed E-state index contributed by atoms with van der Waals surface area (Å²) in [4.78, 5) is 4.94. The molecule has 1 unspecified atom stereocenters. The molecule has 1 spiro atoms. The maximum Gasteiger partial charge on any atom is 0.151 e. The molecule has 1 N–H and O–H groups in total. The third kappa shape index (κ3) is 3.60. The zero-order chi connectivity index (χ0) is 24.4. The Morgan fingerprint density at radius 2 is 2.06 bits per heavy atom. The first-order valence-corrected chi connectivity index (χ1v) is 13.2. The molecule has 2 aromatic rings. The smallest absolute Gasteiger partial charge is 0.151 e. The quantitative estimate of drug-likeness (QED) is 0.686. The predicted octanol–water partition coefficient (Wildman–Crippen LogP) is 3.49. The van der Waals surface area contributed by atoms with E-state index in [1.807, 2.05) is 19.1 Å². The number of likely N-dealkylation sites (tertiary alicyclic amines) is 1. The van der Waals surface area contributed by atoms with Gasteiger partial charge in [-0.05, 0) is 67.5 Å². The van der Waals surface area contributed by atoms with Crippen molar-refractivity contribution in [1.82, 2.24) is 29.9 Å². The van der Waals surface area contributed by atoms with E-state index < -0.39 is 0 Å². The maximum atomic E-state index is 9.21. The molecule has 0 radical (unpaired) electrons. The summed E-state index contributed by atoms with van der Waals surface area (Å²) >= 11 is 6.43. The number of rotatable bonds is 3. The van der Waals surface area contributed by atoms with E-state index in [0.29, 0.717) is 17.4 Å². The summed E-state index contributed by atoms with van der Waals surface area (Å²) in [6.07, 6.45) is 7.56. The Kier molecular flexibility index (Phi) is 5.26. The van der Waals surface area contributed by atoms with Crippen molar-refractivity contribution in [3.8, 4) is 11.8 Å². The first-order chi connectivity index (χ1) is 17.5. The Morgan fingerprint density at radius 3 is 2.81 bits per heavy atom. The van der Waals surface area contributed by atoms with Gasteiger partial charge in [0.05, 0.1) is 30.6 Å². The molecule has 9 heteroatoms. The number of nitrogens with zero attached hydrogens (tertiary/aromatic N) is 6. The van der Waals surface area contributed by atoms with Crippen LogP contribution < -0.4 is 5.32 Å². The van der Waals surface area contributed by atoms with Gasteiger partial charge in [0, 0.05) is 48.9 Å². The number of nitrogens with one attached hydrogen (secondary N) is 1. The van der Waals surface area contributed by atoms with Crippen LogP contribution in [0.3, 0.4) is 0 Å².